The minimum Gasteiger partial charge on any atom is -0.493 e. The Kier molecular flexibility index (Phi) is 7.67. The Morgan fingerprint density at radius 3 is 2.52 bits per heavy atom. The van der Waals surface area contributed by atoms with E-state index < -0.39 is 0 Å². The SMILES string of the molecule is CCOc1ccc(CN(CC)CC(=O)Nc2cc(C)ccc2C)cc1OC. The number of ether oxygens (including phenoxy) is 2. The van der Waals surface area contributed by atoms with Gasteiger partial charge in [0.05, 0.1) is 20.3 Å². The van der Waals surface area contributed by atoms with Gasteiger partial charge in [0.2, 0.25) is 5.91 Å². The standard InChI is InChI=1S/C22H30N2O3/c1-6-24(14-18-10-11-20(27-7-2)21(13-18)26-5)15-22(25)23-19-12-16(3)8-9-17(19)4/h8-13H,6-7,14-15H2,1-5H3,(H,23,25). The largest absolute Gasteiger partial charge is 0.493 e. The monoisotopic (exact) mass is 370 g/mol. The first-order valence-electron chi connectivity index (χ1n) is 9.36. The van der Waals surface area contributed by atoms with E-state index in [1.54, 1.807) is 7.11 Å². The summed E-state index contributed by atoms with van der Waals surface area (Å²) in [6.45, 7) is 10.4. The summed E-state index contributed by atoms with van der Waals surface area (Å²) < 4.78 is 11.0. The molecule has 27 heavy (non-hydrogen) atoms. The van der Waals surface area contributed by atoms with Crippen molar-refractivity contribution in [1.82, 2.24) is 4.90 Å². The fraction of sp³-hybridized carbons (Fsp3) is 0.409. The summed E-state index contributed by atoms with van der Waals surface area (Å²) in [5, 5.41) is 3.02. The molecular formula is C22H30N2O3. The highest BCUT2D eigenvalue weighted by Crippen LogP contribution is 2.28. The van der Waals surface area contributed by atoms with Crippen molar-refractivity contribution < 1.29 is 14.3 Å². The first-order chi connectivity index (χ1) is 13.0. The molecule has 0 aliphatic carbocycles. The molecule has 0 bridgehead atoms. The molecule has 0 radical (unpaired) electrons. The number of amides is 1. The van der Waals surface area contributed by atoms with Crippen molar-refractivity contribution >= 4 is 11.6 Å². The molecule has 1 amide bonds. The third kappa shape index (κ3) is 6.00. The topological polar surface area (TPSA) is 50.8 Å². The average molecular weight is 370 g/mol. The van der Waals surface area contributed by atoms with Crippen molar-refractivity contribution in [2.45, 2.75) is 34.2 Å². The third-order valence-corrected chi connectivity index (χ3v) is 4.42. The summed E-state index contributed by atoms with van der Waals surface area (Å²) in [7, 11) is 1.64. The van der Waals surface area contributed by atoms with Crippen LogP contribution in [0.5, 0.6) is 11.5 Å². The minimum atomic E-state index is -0.0107. The molecule has 2 rings (SSSR count). The smallest absolute Gasteiger partial charge is 0.238 e. The Morgan fingerprint density at radius 1 is 1.07 bits per heavy atom. The van der Waals surface area contributed by atoms with Crippen LogP contribution in [-0.2, 0) is 11.3 Å². The highest BCUT2D eigenvalue weighted by atomic mass is 16.5. The van der Waals surface area contributed by atoms with Gasteiger partial charge in [-0.1, -0.05) is 25.1 Å². The zero-order valence-electron chi connectivity index (χ0n) is 17.0. The fourth-order valence-corrected chi connectivity index (χ4v) is 2.89. The van der Waals surface area contributed by atoms with Crippen LogP contribution in [0.1, 0.15) is 30.5 Å². The van der Waals surface area contributed by atoms with Crippen LogP contribution in [0, 0.1) is 13.8 Å². The third-order valence-electron chi connectivity index (χ3n) is 4.42. The number of nitrogens with one attached hydrogen (secondary N) is 1. The van der Waals surface area contributed by atoms with E-state index in [2.05, 4.69) is 17.1 Å². The number of carbonyl (C=O) groups excluding carboxylic acids is 1. The second-order valence-corrected chi connectivity index (χ2v) is 6.59. The normalized spacial score (nSPS) is 10.7. The molecule has 0 spiro atoms. The van der Waals surface area contributed by atoms with Crippen molar-refractivity contribution in [3.05, 3.63) is 53.1 Å². The molecule has 0 unspecified atom stereocenters. The van der Waals surface area contributed by atoms with Crippen LogP contribution in [0.25, 0.3) is 0 Å². The fourth-order valence-electron chi connectivity index (χ4n) is 2.89. The van der Waals surface area contributed by atoms with Gasteiger partial charge in [0.1, 0.15) is 0 Å². The number of carbonyl (C=O) groups is 1. The van der Waals surface area contributed by atoms with Crippen LogP contribution in [0.4, 0.5) is 5.69 Å². The van der Waals surface area contributed by atoms with Gasteiger partial charge >= 0.3 is 0 Å². The summed E-state index contributed by atoms with van der Waals surface area (Å²) in [6, 6.07) is 12.0. The quantitative estimate of drug-likeness (QED) is 0.720. The Labute approximate surface area is 162 Å². The minimum absolute atomic E-state index is 0.0107. The lowest BCUT2D eigenvalue weighted by Crippen LogP contribution is -2.32. The van der Waals surface area contributed by atoms with Crippen LogP contribution >= 0.6 is 0 Å². The maximum Gasteiger partial charge on any atom is 0.238 e. The Bertz CT molecular complexity index is 774. The highest BCUT2D eigenvalue weighted by Gasteiger charge is 2.13. The van der Waals surface area contributed by atoms with Gasteiger partial charge in [-0.3, -0.25) is 9.69 Å². The van der Waals surface area contributed by atoms with Crippen molar-refractivity contribution in [1.29, 1.82) is 0 Å². The molecule has 0 aliphatic rings. The van der Waals surface area contributed by atoms with Gasteiger partial charge in [-0.15, -0.1) is 0 Å². The lowest BCUT2D eigenvalue weighted by Gasteiger charge is -2.21. The van der Waals surface area contributed by atoms with Crippen LogP contribution in [-0.4, -0.2) is 37.6 Å². The van der Waals surface area contributed by atoms with Gasteiger partial charge in [-0.05, 0) is 62.2 Å². The second-order valence-electron chi connectivity index (χ2n) is 6.59. The molecule has 2 aromatic carbocycles. The average Bonchev–Trinajstić information content (AvgIpc) is 2.65. The van der Waals surface area contributed by atoms with E-state index in [1.807, 2.05) is 57.2 Å². The van der Waals surface area contributed by atoms with E-state index in [9.17, 15) is 4.79 Å². The molecule has 2 aromatic rings. The van der Waals surface area contributed by atoms with Gasteiger partial charge in [0.15, 0.2) is 11.5 Å². The van der Waals surface area contributed by atoms with Crippen molar-refractivity contribution in [2.24, 2.45) is 0 Å². The summed E-state index contributed by atoms with van der Waals surface area (Å²) in [5.74, 6) is 1.44. The predicted octanol–water partition coefficient (Wildman–Crippen LogP) is 4.17. The predicted molar refractivity (Wildman–Crippen MR) is 110 cm³/mol. The van der Waals surface area contributed by atoms with E-state index >= 15 is 0 Å². The van der Waals surface area contributed by atoms with Crippen molar-refractivity contribution in [3.8, 4) is 11.5 Å². The molecule has 1 N–H and O–H groups in total. The lowest BCUT2D eigenvalue weighted by atomic mass is 10.1. The van der Waals surface area contributed by atoms with Gasteiger partial charge in [-0.25, -0.2) is 0 Å². The van der Waals surface area contributed by atoms with Crippen LogP contribution in [0.2, 0.25) is 0 Å². The first kappa shape index (κ1) is 20.8. The highest BCUT2D eigenvalue weighted by molar-refractivity contribution is 5.93. The number of benzene rings is 2. The number of hydrogen-bond donors (Lipinski definition) is 1. The van der Waals surface area contributed by atoms with E-state index in [1.165, 1.54) is 0 Å². The number of anilines is 1. The number of aryl methyl sites for hydroxylation is 2. The zero-order valence-corrected chi connectivity index (χ0v) is 17.0. The summed E-state index contributed by atoms with van der Waals surface area (Å²) in [5.41, 5.74) is 4.15. The van der Waals surface area contributed by atoms with Crippen molar-refractivity contribution in [2.75, 3.05) is 32.1 Å². The van der Waals surface area contributed by atoms with Crippen LogP contribution in [0.3, 0.4) is 0 Å². The molecule has 0 heterocycles. The molecule has 146 valence electrons. The molecule has 0 aliphatic heterocycles. The number of methoxy groups -OCH3 is 1. The molecule has 0 saturated heterocycles. The number of nitrogens with zero attached hydrogens (tertiary/aromatic N) is 1. The molecular weight excluding hydrogens is 340 g/mol. The van der Waals surface area contributed by atoms with E-state index in [4.69, 9.17) is 9.47 Å². The summed E-state index contributed by atoms with van der Waals surface area (Å²) in [4.78, 5) is 14.6. The van der Waals surface area contributed by atoms with Gasteiger partial charge < -0.3 is 14.8 Å². The van der Waals surface area contributed by atoms with E-state index in [-0.39, 0.29) is 5.91 Å². The van der Waals surface area contributed by atoms with E-state index in [0.717, 1.165) is 34.7 Å². The summed E-state index contributed by atoms with van der Waals surface area (Å²) in [6.07, 6.45) is 0. The number of rotatable bonds is 9. The molecule has 5 heteroatoms. The van der Waals surface area contributed by atoms with E-state index in [0.29, 0.717) is 25.4 Å². The first-order valence-corrected chi connectivity index (χ1v) is 9.36. The van der Waals surface area contributed by atoms with Crippen molar-refractivity contribution in [3.63, 3.8) is 0 Å². The molecule has 0 atom stereocenters. The Morgan fingerprint density at radius 2 is 1.85 bits per heavy atom. The maximum atomic E-state index is 12.5. The zero-order chi connectivity index (χ0) is 19.8. The Balaban J connectivity index is 2.02. The molecule has 0 aromatic heterocycles. The maximum absolute atomic E-state index is 12.5. The molecule has 5 nitrogen and oxygen atoms in total. The molecule has 0 fully saturated rings. The number of likely N-dealkylation sites (N-methyl/N-ethyl adjacent to an activating group) is 1. The summed E-state index contributed by atoms with van der Waals surface area (Å²) >= 11 is 0. The van der Waals surface area contributed by atoms with Gasteiger partial charge in [0.25, 0.3) is 0 Å². The van der Waals surface area contributed by atoms with Gasteiger partial charge in [0, 0.05) is 12.2 Å². The van der Waals surface area contributed by atoms with Crippen LogP contribution in [0.15, 0.2) is 36.4 Å². The van der Waals surface area contributed by atoms with Gasteiger partial charge in [-0.2, -0.15) is 0 Å². The van der Waals surface area contributed by atoms with Crippen LogP contribution < -0.4 is 14.8 Å². The molecule has 0 saturated carbocycles. The number of hydrogen-bond acceptors (Lipinski definition) is 4. The lowest BCUT2D eigenvalue weighted by molar-refractivity contribution is -0.117. The Hall–Kier alpha value is -2.53. The second kappa shape index (κ2) is 9.97.